The van der Waals surface area contributed by atoms with Crippen LogP contribution in [0.25, 0.3) is 0 Å². The van der Waals surface area contributed by atoms with Gasteiger partial charge in [-0.2, -0.15) is 0 Å². The third kappa shape index (κ3) is 3.88. The number of rotatable bonds is 7. The first kappa shape index (κ1) is 15.6. The molecule has 2 aromatic carbocycles. The van der Waals surface area contributed by atoms with E-state index in [1.165, 1.54) is 12.2 Å². The van der Waals surface area contributed by atoms with Crippen LogP contribution in [0.5, 0.6) is 0 Å². The lowest BCUT2D eigenvalue weighted by molar-refractivity contribution is -0.554. The van der Waals surface area contributed by atoms with Crippen LogP contribution >= 0.6 is 0 Å². The summed E-state index contributed by atoms with van der Waals surface area (Å²) in [5, 5.41) is 11.8. The molecule has 0 aliphatic rings. The zero-order valence-electron chi connectivity index (χ0n) is 12.1. The minimum atomic E-state index is -1.33. The van der Waals surface area contributed by atoms with Crippen molar-refractivity contribution < 1.29 is 9.72 Å². The standard InChI is InChI=1S/C18H17NO3/c20-13-7-12-18(19(21)22,14-16-8-3-1-4-9-16)15-17-10-5-2-6-11-17/h1-13H,14-15H2. The maximum absolute atomic E-state index is 11.8. The second kappa shape index (κ2) is 7.31. The van der Waals surface area contributed by atoms with Gasteiger partial charge in [-0.05, 0) is 23.3 Å². The van der Waals surface area contributed by atoms with Crippen LogP contribution in [0.3, 0.4) is 0 Å². The van der Waals surface area contributed by atoms with Gasteiger partial charge in [0.25, 0.3) is 0 Å². The Balaban J connectivity index is 2.39. The summed E-state index contributed by atoms with van der Waals surface area (Å²) in [5.41, 5.74) is 0.403. The number of hydrogen-bond acceptors (Lipinski definition) is 3. The van der Waals surface area contributed by atoms with Gasteiger partial charge in [-0.3, -0.25) is 14.9 Å². The molecule has 112 valence electrons. The van der Waals surface area contributed by atoms with Crippen LogP contribution in [0.1, 0.15) is 11.1 Å². The lowest BCUT2D eigenvalue weighted by atomic mass is 9.85. The fourth-order valence-electron chi connectivity index (χ4n) is 2.49. The van der Waals surface area contributed by atoms with Crippen molar-refractivity contribution in [3.63, 3.8) is 0 Å². The van der Waals surface area contributed by atoms with Crippen LogP contribution in [0.15, 0.2) is 72.8 Å². The second-order valence-corrected chi connectivity index (χ2v) is 5.18. The summed E-state index contributed by atoms with van der Waals surface area (Å²) in [6.45, 7) is 0. The van der Waals surface area contributed by atoms with Gasteiger partial charge in [-0.1, -0.05) is 60.7 Å². The summed E-state index contributed by atoms with van der Waals surface area (Å²) in [7, 11) is 0. The fourth-order valence-corrected chi connectivity index (χ4v) is 2.49. The normalized spacial score (nSPS) is 11.5. The number of benzene rings is 2. The van der Waals surface area contributed by atoms with Crippen LogP contribution in [-0.2, 0) is 17.6 Å². The van der Waals surface area contributed by atoms with Gasteiger partial charge in [-0.15, -0.1) is 0 Å². The molecule has 0 fully saturated rings. The first-order valence-corrected chi connectivity index (χ1v) is 7.02. The molecule has 0 aliphatic carbocycles. The highest BCUT2D eigenvalue weighted by Crippen LogP contribution is 2.24. The van der Waals surface area contributed by atoms with Crippen LogP contribution < -0.4 is 0 Å². The van der Waals surface area contributed by atoms with E-state index in [-0.39, 0.29) is 17.8 Å². The molecule has 0 aliphatic heterocycles. The van der Waals surface area contributed by atoms with E-state index in [9.17, 15) is 14.9 Å². The van der Waals surface area contributed by atoms with Gasteiger partial charge in [0.05, 0.1) is 0 Å². The van der Waals surface area contributed by atoms with E-state index in [1.807, 2.05) is 60.7 Å². The maximum atomic E-state index is 11.8. The Morgan fingerprint density at radius 1 is 0.909 bits per heavy atom. The fraction of sp³-hybridized carbons (Fsp3) is 0.167. The van der Waals surface area contributed by atoms with Gasteiger partial charge >= 0.3 is 0 Å². The molecular weight excluding hydrogens is 278 g/mol. The number of carbonyl (C=O) groups is 1. The van der Waals surface area contributed by atoms with E-state index < -0.39 is 5.54 Å². The van der Waals surface area contributed by atoms with Crippen molar-refractivity contribution in [2.24, 2.45) is 0 Å². The maximum Gasteiger partial charge on any atom is 0.248 e. The SMILES string of the molecule is O=CC=CC(Cc1ccccc1)(Cc1ccccc1)[N+](=O)[O-]. The monoisotopic (exact) mass is 295 g/mol. The van der Waals surface area contributed by atoms with E-state index in [1.54, 1.807) is 0 Å². The first-order valence-electron chi connectivity index (χ1n) is 7.02. The predicted molar refractivity (Wildman–Crippen MR) is 85.2 cm³/mol. The molecule has 0 radical (unpaired) electrons. The summed E-state index contributed by atoms with van der Waals surface area (Å²) < 4.78 is 0. The Morgan fingerprint density at radius 3 is 1.73 bits per heavy atom. The third-order valence-electron chi connectivity index (χ3n) is 3.55. The molecule has 0 unspecified atom stereocenters. The Bertz CT molecular complexity index is 609. The predicted octanol–water partition coefficient (Wildman–Crippen LogP) is 3.24. The summed E-state index contributed by atoms with van der Waals surface area (Å²) in [5.74, 6) is 0. The van der Waals surface area contributed by atoms with E-state index in [0.29, 0.717) is 6.29 Å². The molecular formula is C18H17NO3. The summed E-state index contributed by atoms with van der Waals surface area (Å²) in [4.78, 5) is 22.1. The Hall–Kier alpha value is -2.75. The van der Waals surface area contributed by atoms with Gasteiger partial charge in [0.1, 0.15) is 6.29 Å². The Kier molecular flexibility index (Phi) is 5.20. The van der Waals surface area contributed by atoms with Gasteiger partial charge < -0.3 is 0 Å². The summed E-state index contributed by atoms with van der Waals surface area (Å²) in [6.07, 6.45) is 3.67. The highest BCUT2D eigenvalue weighted by atomic mass is 16.6. The number of hydrogen-bond donors (Lipinski definition) is 0. The zero-order valence-corrected chi connectivity index (χ0v) is 12.1. The molecule has 22 heavy (non-hydrogen) atoms. The largest absolute Gasteiger partial charge is 0.299 e. The minimum Gasteiger partial charge on any atom is -0.299 e. The quantitative estimate of drug-likeness (QED) is 0.341. The van der Waals surface area contributed by atoms with Gasteiger partial charge in [0.2, 0.25) is 5.54 Å². The smallest absolute Gasteiger partial charge is 0.248 e. The summed E-state index contributed by atoms with van der Waals surface area (Å²) in [6, 6.07) is 18.6. The molecule has 2 rings (SSSR count). The molecule has 0 spiro atoms. The number of nitro groups is 1. The highest BCUT2D eigenvalue weighted by Gasteiger charge is 2.40. The number of allylic oxidation sites excluding steroid dienone is 1. The second-order valence-electron chi connectivity index (χ2n) is 5.18. The molecule has 2 aromatic rings. The van der Waals surface area contributed by atoms with E-state index in [2.05, 4.69) is 0 Å². The van der Waals surface area contributed by atoms with E-state index >= 15 is 0 Å². The number of aldehydes is 1. The van der Waals surface area contributed by atoms with Crippen molar-refractivity contribution in [3.05, 3.63) is 94.1 Å². The minimum absolute atomic E-state index is 0.236. The molecule has 4 nitrogen and oxygen atoms in total. The lowest BCUT2D eigenvalue weighted by Crippen LogP contribution is -2.41. The topological polar surface area (TPSA) is 60.2 Å². The number of nitrogens with zero attached hydrogens (tertiary/aromatic N) is 1. The molecule has 0 atom stereocenters. The van der Waals surface area contributed by atoms with E-state index in [4.69, 9.17) is 0 Å². The van der Waals surface area contributed by atoms with Crippen molar-refractivity contribution in [2.45, 2.75) is 18.4 Å². The molecule has 0 N–H and O–H groups in total. The van der Waals surface area contributed by atoms with Crippen LogP contribution in [0, 0.1) is 10.1 Å². The zero-order chi connectivity index (χ0) is 15.8. The molecule has 0 amide bonds. The van der Waals surface area contributed by atoms with Crippen LogP contribution in [0.4, 0.5) is 0 Å². The third-order valence-corrected chi connectivity index (χ3v) is 3.55. The van der Waals surface area contributed by atoms with Crippen molar-refractivity contribution >= 4 is 6.29 Å². The number of carbonyl (C=O) groups excluding carboxylic acids is 1. The van der Waals surface area contributed by atoms with Crippen molar-refractivity contribution in [1.82, 2.24) is 0 Å². The molecule has 4 heteroatoms. The Labute approximate surface area is 129 Å². The van der Waals surface area contributed by atoms with Crippen molar-refractivity contribution in [3.8, 4) is 0 Å². The lowest BCUT2D eigenvalue weighted by Gasteiger charge is -2.22. The van der Waals surface area contributed by atoms with Crippen LogP contribution in [0.2, 0.25) is 0 Å². The van der Waals surface area contributed by atoms with Crippen molar-refractivity contribution in [1.29, 1.82) is 0 Å². The molecule has 0 heterocycles. The average molecular weight is 295 g/mol. The van der Waals surface area contributed by atoms with Crippen molar-refractivity contribution in [2.75, 3.05) is 0 Å². The summed E-state index contributed by atoms with van der Waals surface area (Å²) >= 11 is 0. The molecule has 0 bridgehead atoms. The highest BCUT2D eigenvalue weighted by molar-refractivity contribution is 5.65. The van der Waals surface area contributed by atoms with Crippen LogP contribution in [-0.4, -0.2) is 16.7 Å². The van der Waals surface area contributed by atoms with Gasteiger partial charge in [-0.25, -0.2) is 0 Å². The van der Waals surface area contributed by atoms with Gasteiger partial charge in [0.15, 0.2) is 0 Å². The molecule has 0 aromatic heterocycles. The Morgan fingerprint density at radius 2 is 1.36 bits per heavy atom. The molecule has 0 saturated carbocycles. The van der Waals surface area contributed by atoms with Gasteiger partial charge in [0, 0.05) is 17.8 Å². The van der Waals surface area contributed by atoms with E-state index in [0.717, 1.165) is 11.1 Å². The molecule has 0 saturated heterocycles. The average Bonchev–Trinajstić information content (AvgIpc) is 2.54. The first-order chi connectivity index (χ1) is 10.7.